The smallest absolute Gasteiger partial charge is 0.414 e. The molecule has 1 aromatic heterocycles. The number of nitrogens with one attached hydrogen (secondary N) is 2. The highest BCUT2D eigenvalue weighted by molar-refractivity contribution is 5.90. The SMILES string of the molecule is CC1(OC2CCCCO2)CN(c2ncc(-c3cccc(COC(=O)NC(=N)N)c3F)cc2F)C1. The molecular formula is C23H27F2N5O4. The van der Waals surface area contributed by atoms with Gasteiger partial charge in [-0.3, -0.25) is 10.7 Å². The van der Waals surface area contributed by atoms with Crippen molar-refractivity contribution in [1.82, 2.24) is 10.3 Å². The van der Waals surface area contributed by atoms with E-state index in [0.29, 0.717) is 19.7 Å². The fourth-order valence-corrected chi connectivity index (χ4v) is 4.12. The lowest BCUT2D eigenvalue weighted by Crippen LogP contribution is -2.63. The molecule has 1 aromatic carbocycles. The summed E-state index contributed by atoms with van der Waals surface area (Å²) in [7, 11) is 0. The Kier molecular flexibility index (Phi) is 6.94. The molecule has 9 nitrogen and oxygen atoms in total. The molecule has 0 aliphatic carbocycles. The number of guanidine groups is 1. The van der Waals surface area contributed by atoms with E-state index in [1.807, 2.05) is 12.2 Å². The minimum atomic E-state index is -0.977. The van der Waals surface area contributed by atoms with Crippen LogP contribution in [0.15, 0.2) is 30.5 Å². The van der Waals surface area contributed by atoms with Gasteiger partial charge in [0.05, 0.1) is 13.1 Å². The van der Waals surface area contributed by atoms with Gasteiger partial charge in [0.25, 0.3) is 0 Å². The second-order valence-electron chi connectivity index (χ2n) is 8.64. The Morgan fingerprint density at radius 1 is 1.38 bits per heavy atom. The number of amides is 1. The molecule has 2 saturated heterocycles. The van der Waals surface area contributed by atoms with Crippen LogP contribution in [-0.2, 0) is 20.8 Å². The number of benzene rings is 1. The highest BCUT2D eigenvalue weighted by Crippen LogP contribution is 2.35. The van der Waals surface area contributed by atoms with E-state index in [4.69, 9.17) is 25.4 Å². The highest BCUT2D eigenvalue weighted by atomic mass is 19.1. The normalized spacial score (nSPS) is 19.3. The first-order valence-corrected chi connectivity index (χ1v) is 11.0. The summed E-state index contributed by atoms with van der Waals surface area (Å²) in [5.74, 6) is -1.65. The van der Waals surface area contributed by atoms with Gasteiger partial charge in [-0.15, -0.1) is 0 Å². The Morgan fingerprint density at radius 3 is 2.85 bits per heavy atom. The quantitative estimate of drug-likeness (QED) is 0.433. The van der Waals surface area contributed by atoms with Crippen molar-refractivity contribution in [2.45, 2.75) is 44.7 Å². The fraction of sp³-hybridized carbons (Fsp3) is 0.435. The number of aromatic nitrogens is 1. The number of carbonyl (C=O) groups is 1. The minimum Gasteiger partial charge on any atom is -0.444 e. The van der Waals surface area contributed by atoms with Gasteiger partial charge < -0.3 is 24.8 Å². The van der Waals surface area contributed by atoms with Gasteiger partial charge in [-0.05, 0) is 32.3 Å². The lowest BCUT2D eigenvalue weighted by Gasteiger charge is -2.49. The van der Waals surface area contributed by atoms with Gasteiger partial charge in [-0.2, -0.15) is 0 Å². The molecule has 2 aliphatic rings. The summed E-state index contributed by atoms with van der Waals surface area (Å²) in [4.78, 5) is 17.5. The zero-order valence-electron chi connectivity index (χ0n) is 18.8. The molecule has 2 fully saturated rings. The summed E-state index contributed by atoms with van der Waals surface area (Å²) in [6.45, 7) is 3.22. The Morgan fingerprint density at radius 2 is 2.18 bits per heavy atom. The molecule has 182 valence electrons. The number of alkyl carbamates (subject to hydrolysis) is 1. The number of carbonyl (C=O) groups excluding carboxylic acids is 1. The summed E-state index contributed by atoms with van der Waals surface area (Å²) in [6, 6.07) is 5.73. The van der Waals surface area contributed by atoms with Crippen molar-refractivity contribution in [2.24, 2.45) is 5.73 Å². The van der Waals surface area contributed by atoms with Gasteiger partial charge in [-0.1, -0.05) is 18.2 Å². The molecule has 1 atom stereocenters. The van der Waals surface area contributed by atoms with Crippen LogP contribution >= 0.6 is 0 Å². The number of anilines is 1. The molecule has 0 saturated carbocycles. The van der Waals surface area contributed by atoms with E-state index in [2.05, 4.69) is 4.98 Å². The zero-order chi connectivity index (χ0) is 24.3. The first-order chi connectivity index (χ1) is 16.2. The highest BCUT2D eigenvalue weighted by Gasteiger charge is 2.43. The maximum atomic E-state index is 15.0. The first kappa shape index (κ1) is 23.8. The Hall–Kier alpha value is -3.31. The third-order valence-electron chi connectivity index (χ3n) is 5.71. The summed E-state index contributed by atoms with van der Waals surface area (Å²) in [5.41, 5.74) is 5.07. The van der Waals surface area contributed by atoms with Crippen molar-refractivity contribution in [3.63, 3.8) is 0 Å². The molecule has 4 rings (SSSR count). The van der Waals surface area contributed by atoms with Crippen LogP contribution in [0.3, 0.4) is 0 Å². The van der Waals surface area contributed by atoms with Crippen LogP contribution < -0.4 is 16.0 Å². The number of rotatable bonds is 6. The molecular weight excluding hydrogens is 448 g/mol. The van der Waals surface area contributed by atoms with Gasteiger partial charge in [0.2, 0.25) is 0 Å². The minimum absolute atomic E-state index is 0.0845. The van der Waals surface area contributed by atoms with Crippen LogP contribution in [0, 0.1) is 17.0 Å². The van der Waals surface area contributed by atoms with E-state index >= 15 is 0 Å². The molecule has 1 unspecified atom stereocenters. The van der Waals surface area contributed by atoms with Crippen molar-refractivity contribution in [3.05, 3.63) is 47.7 Å². The number of ether oxygens (including phenoxy) is 3. The third kappa shape index (κ3) is 5.42. The van der Waals surface area contributed by atoms with Gasteiger partial charge >= 0.3 is 6.09 Å². The van der Waals surface area contributed by atoms with E-state index < -0.39 is 29.3 Å². The van der Waals surface area contributed by atoms with Crippen molar-refractivity contribution >= 4 is 17.9 Å². The van der Waals surface area contributed by atoms with Crippen molar-refractivity contribution in [1.29, 1.82) is 5.41 Å². The fourth-order valence-electron chi connectivity index (χ4n) is 4.12. The lowest BCUT2D eigenvalue weighted by atomic mass is 9.95. The number of hydrogen-bond acceptors (Lipinski definition) is 7. The average molecular weight is 475 g/mol. The van der Waals surface area contributed by atoms with Crippen LogP contribution in [0.2, 0.25) is 0 Å². The summed E-state index contributed by atoms with van der Waals surface area (Å²) in [6.07, 6.45) is 3.16. The predicted octanol–water partition coefficient (Wildman–Crippen LogP) is 3.27. The second-order valence-corrected chi connectivity index (χ2v) is 8.64. The summed E-state index contributed by atoms with van der Waals surface area (Å²) < 4.78 is 46.5. The van der Waals surface area contributed by atoms with Crippen LogP contribution in [0.4, 0.5) is 19.4 Å². The van der Waals surface area contributed by atoms with E-state index in [-0.39, 0.29) is 35.4 Å². The first-order valence-electron chi connectivity index (χ1n) is 11.0. The van der Waals surface area contributed by atoms with E-state index in [1.165, 1.54) is 24.4 Å². The zero-order valence-corrected chi connectivity index (χ0v) is 18.8. The standard InChI is InChI=1S/C23H27F2N5O4/c1-23(34-18-7-2-3-8-32-18)12-30(13-23)20-17(24)9-15(10-28-20)16-6-4-5-14(19(16)25)11-33-22(31)29-21(26)27/h4-6,9-10,18H,2-3,7-8,11-13H2,1H3,(H4,26,27,29,31). The lowest BCUT2D eigenvalue weighted by molar-refractivity contribution is -0.226. The molecule has 11 heteroatoms. The molecule has 34 heavy (non-hydrogen) atoms. The monoisotopic (exact) mass is 475 g/mol. The van der Waals surface area contributed by atoms with Crippen LogP contribution in [0.1, 0.15) is 31.7 Å². The molecule has 0 spiro atoms. The summed E-state index contributed by atoms with van der Waals surface area (Å²) in [5, 5.41) is 8.93. The van der Waals surface area contributed by atoms with Crippen LogP contribution in [0.25, 0.3) is 11.1 Å². The molecule has 0 bridgehead atoms. The number of halogens is 2. The van der Waals surface area contributed by atoms with Crippen LogP contribution in [-0.4, -0.2) is 48.6 Å². The largest absolute Gasteiger partial charge is 0.444 e. The van der Waals surface area contributed by atoms with Gasteiger partial charge in [0.1, 0.15) is 18.0 Å². The van der Waals surface area contributed by atoms with E-state index in [1.54, 1.807) is 11.0 Å². The Labute approximate surface area is 195 Å². The molecule has 2 aromatic rings. The predicted molar refractivity (Wildman–Crippen MR) is 120 cm³/mol. The van der Waals surface area contributed by atoms with Crippen molar-refractivity contribution < 1.29 is 27.8 Å². The topological polar surface area (TPSA) is 123 Å². The van der Waals surface area contributed by atoms with Gasteiger partial charge in [-0.25, -0.2) is 18.6 Å². The average Bonchev–Trinajstić information content (AvgIpc) is 2.77. The maximum absolute atomic E-state index is 15.0. The second kappa shape index (κ2) is 9.90. The van der Waals surface area contributed by atoms with Crippen molar-refractivity contribution in [3.8, 4) is 11.1 Å². The third-order valence-corrected chi connectivity index (χ3v) is 5.71. The number of hydrogen-bond donors (Lipinski definition) is 3. The molecule has 4 N–H and O–H groups in total. The Bertz CT molecular complexity index is 1070. The van der Waals surface area contributed by atoms with E-state index in [0.717, 1.165) is 19.3 Å². The van der Waals surface area contributed by atoms with Crippen LogP contribution in [0.5, 0.6) is 0 Å². The number of pyridine rings is 1. The molecule has 3 heterocycles. The molecule has 0 radical (unpaired) electrons. The molecule has 1 amide bonds. The van der Waals surface area contributed by atoms with E-state index in [9.17, 15) is 13.6 Å². The number of nitrogens with zero attached hydrogens (tertiary/aromatic N) is 2. The maximum Gasteiger partial charge on any atom is 0.414 e. The van der Waals surface area contributed by atoms with Crippen molar-refractivity contribution in [2.75, 3.05) is 24.6 Å². The van der Waals surface area contributed by atoms with Gasteiger partial charge in [0.15, 0.2) is 23.9 Å². The molecule has 2 aliphatic heterocycles. The summed E-state index contributed by atoms with van der Waals surface area (Å²) >= 11 is 0. The Balaban J connectivity index is 1.41. The van der Waals surface area contributed by atoms with Gasteiger partial charge in [0, 0.05) is 29.5 Å². The number of nitrogens with two attached hydrogens (primary N) is 1.